The number of aromatic nitrogens is 2. The molecule has 0 saturated heterocycles. The highest BCUT2D eigenvalue weighted by molar-refractivity contribution is 5.98. The van der Waals surface area contributed by atoms with E-state index in [-0.39, 0.29) is 11.5 Å². The van der Waals surface area contributed by atoms with Crippen LogP contribution >= 0.6 is 0 Å². The van der Waals surface area contributed by atoms with E-state index in [2.05, 4.69) is 33.4 Å². The molecule has 0 atom stereocenters. The monoisotopic (exact) mass is 498 g/mol. The van der Waals surface area contributed by atoms with Crippen LogP contribution in [-0.4, -0.2) is 47.7 Å². The molecule has 0 unspecified atom stereocenters. The molecule has 1 aliphatic rings. The van der Waals surface area contributed by atoms with Crippen molar-refractivity contribution in [2.45, 2.75) is 26.1 Å². The summed E-state index contributed by atoms with van der Waals surface area (Å²) in [4.78, 5) is 33.3. The van der Waals surface area contributed by atoms with Crippen molar-refractivity contribution in [1.29, 1.82) is 0 Å². The molecule has 190 valence electrons. The Balaban J connectivity index is 1.38. The zero-order valence-electron chi connectivity index (χ0n) is 21.1. The van der Waals surface area contributed by atoms with Gasteiger partial charge in [0.15, 0.2) is 0 Å². The van der Waals surface area contributed by atoms with Gasteiger partial charge in [-0.3, -0.25) is 19.5 Å². The zero-order valence-corrected chi connectivity index (χ0v) is 21.1. The van der Waals surface area contributed by atoms with E-state index >= 15 is 0 Å². The van der Waals surface area contributed by atoms with Crippen molar-refractivity contribution < 1.29 is 14.3 Å². The van der Waals surface area contributed by atoms with Gasteiger partial charge < -0.3 is 19.4 Å². The Hall–Kier alpha value is -4.17. The van der Waals surface area contributed by atoms with Gasteiger partial charge in [-0.15, -0.1) is 0 Å². The highest BCUT2D eigenvalue weighted by Gasteiger charge is 2.25. The van der Waals surface area contributed by atoms with Crippen LogP contribution in [-0.2, 0) is 26.1 Å². The van der Waals surface area contributed by atoms with Crippen LogP contribution < -0.4 is 20.3 Å². The van der Waals surface area contributed by atoms with Crippen LogP contribution in [0.25, 0.3) is 10.9 Å². The SMILES string of the molecule is COc1cccc(CNC(=O)c2c(OC)cc(=O)n3c2CCN(Cc2cccc4cccnc24)CC3)c1. The second-order valence-corrected chi connectivity index (χ2v) is 9.08. The minimum absolute atomic E-state index is 0.162. The number of carbonyl (C=O) groups excluding carboxylic acids is 1. The number of para-hydroxylation sites is 1. The van der Waals surface area contributed by atoms with Gasteiger partial charge in [-0.05, 0) is 29.3 Å². The minimum atomic E-state index is -0.268. The second-order valence-electron chi connectivity index (χ2n) is 9.08. The number of nitrogens with zero attached hydrogens (tertiary/aromatic N) is 3. The van der Waals surface area contributed by atoms with Crippen molar-refractivity contribution in [2.24, 2.45) is 0 Å². The number of hydrogen-bond acceptors (Lipinski definition) is 6. The Labute approximate surface area is 215 Å². The maximum Gasteiger partial charge on any atom is 0.257 e. The van der Waals surface area contributed by atoms with Gasteiger partial charge in [0.25, 0.3) is 11.5 Å². The minimum Gasteiger partial charge on any atom is -0.497 e. The van der Waals surface area contributed by atoms with Crippen LogP contribution in [0.4, 0.5) is 0 Å². The summed E-state index contributed by atoms with van der Waals surface area (Å²) in [5.41, 5.74) is 4.00. The fourth-order valence-corrected chi connectivity index (χ4v) is 4.95. The van der Waals surface area contributed by atoms with Crippen molar-refractivity contribution in [3.8, 4) is 11.5 Å². The quantitative estimate of drug-likeness (QED) is 0.420. The maximum atomic E-state index is 13.4. The average Bonchev–Trinajstić information content (AvgIpc) is 3.15. The van der Waals surface area contributed by atoms with Crippen molar-refractivity contribution in [1.82, 2.24) is 19.8 Å². The lowest BCUT2D eigenvalue weighted by atomic mass is 10.1. The van der Waals surface area contributed by atoms with E-state index in [0.29, 0.717) is 56.2 Å². The Morgan fingerprint density at radius 1 is 1.00 bits per heavy atom. The fourth-order valence-electron chi connectivity index (χ4n) is 4.95. The lowest BCUT2D eigenvalue weighted by molar-refractivity contribution is 0.0945. The summed E-state index contributed by atoms with van der Waals surface area (Å²) in [5.74, 6) is 0.757. The van der Waals surface area contributed by atoms with Gasteiger partial charge in [0.05, 0.1) is 19.7 Å². The normalized spacial score (nSPS) is 13.6. The van der Waals surface area contributed by atoms with Crippen molar-refractivity contribution >= 4 is 16.8 Å². The third-order valence-electron chi connectivity index (χ3n) is 6.83. The summed E-state index contributed by atoms with van der Waals surface area (Å²) >= 11 is 0. The molecular weight excluding hydrogens is 468 g/mol. The molecule has 8 heteroatoms. The molecule has 2 aromatic heterocycles. The lowest BCUT2D eigenvalue weighted by Gasteiger charge is -2.20. The molecule has 5 rings (SSSR count). The first-order valence-electron chi connectivity index (χ1n) is 12.3. The molecular formula is C29H30N4O4. The topological polar surface area (TPSA) is 85.7 Å². The lowest BCUT2D eigenvalue weighted by Crippen LogP contribution is -2.31. The number of rotatable bonds is 7. The molecule has 8 nitrogen and oxygen atoms in total. The molecule has 0 radical (unpaired) electrons. The number of benzene rings is 2. The molecule has 0 saturated carbocycles. The third kappa shape index (κ3) is 5.20. The van der Waals surface area contributed by atoms with E-state index in [0.717, 1.165) is 27.8 Å². The fraction of sp³-hybridized carbons (Fsp3) is 0.276. The number of carbonyl (C=O) groups is 1. The molecule has 1 amide bonds. The number of amides is 1. The molecule has 2 aromatic carbocycles. The number of nitrogens with one attached hydrogen (secondary N) is 1. The molecule has 0 fully saturated rings. The number of methoxy groups -OCH3 is 2. The van der Waals surface area contributed by atoms with E-state index in [1.165, 1.54) is 13.2 Å². The van der Waals surface area contributed by atoms with Gasteiger partial charge in [0, 0.05) is 62.5 Å². The maximum absolute atomic E-state index is 13.4. The van der Waals surface area contributed by atoms with E-state index in [1.54, 1.807) is 11.7 Å². The first-order chi connectivity index (χ1) is 18.1. The Morgan fingerprint density at radius 2 is 1.84 bits per heavy atom. The first-order valence-corrected chi connectivity index (χ1v) is 12.3. The smallest absolute Gasteiger partial charge is 0.257 e. The molecule has 37 heavy (non-hydrogen) atoms. The molecule has 4 aromatic rings. The summed E-state index contributed by atoms with van der Waals surface area (Å²) in [6, 6.07) is 19.2. The van der Waals surface area contributed by atoms with Crippen molar-refractivity contribution in [3.05, 3.63) is 99.6 Å². The predicted octanol–water partition coefficient (Wildman–Crippen LogP) is 3.40. The van der Waals surface area contributed by atoms with Gasteiger partial charge in [0.2, 0.25) is 0 Å². The van der Waals surface area contributed by atoms with E-state index in [9.17, 15) is 9.59 Å². The Kier molecular flexibility index (Phi) is 7.18. The summed E-state index contributed by atoms with van der Waals surface area (Å²) in [6.07, 6.45) is 2.36. The summed E-state index contributed by atoms with van der Waals surface area (Å²) in [7, 11) is 3.10. The number of pyridine rings is 2. The summed E-state index contributed by atoms with van der Waals surface area (Å²) in [5, 5.41) is 4.10. The molecule has 0 aliphatic carbocycles. The molecule has 1 aliphatic heterocycles. The standard InChI is InChI=1S/C29H30N4O4/c1-36-23-10-3-6-20(16-23)18-31-29(35)27-24-11-13-32(14-15-33(24)26(34)17-25(27)37-2)19-22-8-4-7-21-9-5-12-30-28(21)22/h3-10,12,16-17H,11,13-15,18-19H2,1-2H3,(H,31,35). The van der Waals surface area contributed by atoms with Crippen LogP contribution in [0.15, 0.2) is 71.7 Å². The summed E-state index contributed by atoms with van der Waals surface area (Å²) < 4.78 is 12.5. The van der Waals surface area contributed by atoms with Crippen LogP contribution in [0.2, 0.25) is 0 Å². The van der Waals surface area contributed by atoms with Crippen LogP contribution in [0, 0.1) is 0 Å². The van der Waals surface area contributed by atoms with Crippen molar-refractivity contribution in [3.63, 3.8) is 0 Å². The molecule has 3 heterocycles. The number of hydrogen-bond donors (Lipinski definition) is 1. The third-order valence-corrected chi connectivity index (χ3v) is 6.83. The predicted molar refractivity (Wildman–Crippen MR) is 142 cm³/mol. The second kappa shape index (κ2) is 10.8. The number of ether oxygens (including phenoxy) is 2. The van der Waals surface area contributed by atoms with E-state index in [4.69, 9.17) is 9.47 Å². The molecule has 0 bridgehead atoms. The molecule has 0 spiro atoms. The van der Waals surface area contributed by atoms with Crippen LogP contribution in [0.3, 0.4) is 0 Å². The Bertz CT molecular complexity index is 1490. The van der Waals surface area contributed by atoms with Crippen molar-refractivity contribution in [2.75, 3.05) is 27.3 Å². The van der Waals surface area contributed by atoms with E-state index in [1.807, 2.05) is 42.6 Å². The largest absolute Gasteiger partial charge is 0.497 e. The van der Waals surface area contributed by atoms with Crippen LogP contribution in [0.1, 0.15) is 27.2 Å². The van der Waals surface area contributed by atoms with Gasteiger partial charge in [-0.25, -0.2) is 0 Å². The number of fused-ring (bicyclic) bond motifs is 2. The molecule has 1 N–H and O–H groups in total. The average molecular weight is 499 g/mol. The van der Waals surface area contributed by atoms with E-state index < -0.39 is 0 Å². The van der Waals surface area contributed by atoms with Crippen LogP contribution in [0.5, 0.6) is 11.5 Å². The van der Waals surface area contributed by atoms with Gasteiger partial charge in [0.1, 0.15) is 17.1 Å². The van der Waals surface area contributed by atoms with Gasteiger partial charge in [-0.2, -0.15) is 0 Å². The Morgan fingerprint density at radius 3 is 2.68 bits per heavy atom. The highest BCUT2D eigenvalue weighted by atomic mass is 16.5. The zero-order chi connectivity index (χ0) is 25.8. The summed E-state index contributed by atoms with van der Waals surface area (Å²) in [6.45, 7) is 2.93. The van der Waals surface area contributed by atoms with Gasteiger partial charge >= 0.3 is 0 Å². The highest BCUT2D eigenvalue weighted by Crippen LogP contribution is 2.24. The van der Waals surface area contributed by atoms with Gasteiger partial charge in [-0.1, -0.05) is 36.4 Å². The first kappa shape index (κ1) is 24.5.